The van der Waals surface area contributed by atoms with E-state index in [4.69, 9.17) is 0 Å². The topological polar surface area (TPSA) is 44.0 Å². The van der Waals surface area contributed by atoms with Gasteiger partial charge in [-0.05, 0) is 24.8 Å². The zero-order valence-corrected chi connectivity index (χ0v) is 18.6. The van der Waals surface area contributed by atoms with Gasteiger partial charge in [0.1, 0.15) is 0 Å². The second-order valence-electron chi connectivity index (χ2n) is 7.95. The summed E-state index contributed by atoms with van der Waals surface area (Å²) in [5.74, 6) is 0. The van der Waals surface area contributed by atoms with Gasteiger partial charge in [0, 0.05) is 30.8 Å². The van der Waals surface area contributed by atoms with Gasteiger partial charge in [0.2, 0.25) is 0 Å². The molecule has 1 aromatic carbocycles. The number of hydrogen-bond acceptors (Lipinski definition) is 2. The summed E-state index contributed by atoms with van der Waals surface area (Å²) in [5, 5.41) is 0. The van der Waals surface area contributed by atoms with Crippen molar-refractivity contribution in [1.82, 2.24) is 9.13 Å². The first kappa shape index (κ1) is 23.2. The monoisotopic (exact) mass is 398 g/mol. The lowest BCUT2D eigenvalue weighted by molar-refractivity contribution is 0.480. The zero-order chi connectivity index (χ0) is 21.1. The third-order valence-corrected chi connectivity index (χ3v) is 5.68. The standard InChI is InChI=1S/C25H38N2O2/c1-4-7-9-14-18-26-23(20-21-16-12-11-13-17-21)22(6-3)24(28)27(25(26)29)19-15-10-8-5-2/h11-13,16-17H,4-10,14-15,18-20H2,1-3H3. The van der Waals surface area contributed by atoms with E-state index in [-0.39, 0.29) is 11.2 Å². The molecule has 160 valence electrons. The maximum atomic E-state index is 13.3. The summed E-state index contributed by atoms with van der Waals surface area (Å²) in [4.78, 5) is 26.5. The molecule has 2 rings (SSSR count). The molecule has 0 bridgehead atoms. The first-order chi connectivity index (χ1) is 14.1. The molecule has 0 saturated carbocycles. The minimum absolute atomic E-state index is 0.0789. The van der Waals surface area contributed by atoms with E-state index in [1.54, 1.807) is 0 Å². The molecule has 29 heavy (non-hydrogen) atoms. The lowest BCUT2D eigenvalue weighted by Gasteiger charge is -2.19. The minimum Gasteiger partial charge on any atom is -0.297 e. The predicted octanol–water partition coefficient (Wildman–Crippen LogP) is 5.32. The number of benzene rings is 1. The Morgan fingerprint density at radius 2 is 1.31 bits per heavy atom. The maximum Gasteiger partial charge on any atom is 0.331 e. The van der Waals surface area contributed by atoms with Crippen molar-refractivity contribution in [3.8, 4) is 0 Å². The molecule has 1 heterocycles. The molecule has 0 fully saturated rings. The van der Waals surface area contributed by atoms with Gasteiger partial charge in [0.05, 0.1) is 0 Å². The molecule has 4 heteroatoms. The van der Waals surface area contributed by atoms with Gasteiger partial charge in [0.25, 0.3) is 5.56 Å². The Bertz CT molecular complexity index is 850. The lowest BCUT2D eigenvalue weighted by Crippen LogP contribution is -2.44. The molecule has 0 amide bonds. The molecule has 0 unspecified atom stereocenters. The highest BCUT2D eigenvalue weighted by molar-refractivity contribution is 5.27. The number of nitrogens with zero attached hydrogens (tertiary/aromatic N) is 2. The first-order valence-electron chi connectivity index (χ1n) is 11.5. The van der Waals surface area contributed by atoms with Gasteiger partial charge in [-0.15, -0.1) is 0 Å². The van der Waals surface area contributed by atoms with E-state index in [1.165, 1.54) is 17.4 Å². The second kappa shape index (κ2) is 12.5. The second-order valence-corrected chi connectivity index (χ2v) is 7.95. The molecular formula is C25H38N2O2. The van der Waals surface area contributed by atoms with Gasteiger partial charge >= 0.3 is 5.69 Å². The fourth-order valence-corrected chi connectivity index (χ4v) is 3.97. The zero-order valence-electron chi connectivity index (χ0n) is 18.6. The molecule has 0 aliphatic heterocycles. The Hall–Kier alpha value is -2.10. The van der Waals surface area contributed by atoms with E-state index in [2.05, 4.69) is 26.0 Å². The Morgan fingerprint density at radius 1 is 0.724 bits per heavy atom. The molecule has 0 radical (unpaired) electrons. The van der Waals surface area contributed by atoms with E-state index >= 15 is 0 Å². The number of unbranched alkanes of at least 4 members (excludes halogenated alkanes) is 6. The highest BCUT2D eigenvalue weighted by Crippen LogP contribution is 2.13. The highest BCUT2D eigenvalue weighted by Gasteiger charge is 2.18. The number of aromatic nitrogens is 2. The number of hydrogen-bond donors (Lipinski definition) is 0. The van der Waals surface area contributed by atoms with Crippen molar-refractivity contribution in [2.45, 2.75) is 98.1 Å². The summed E-state index contributed by atoms with van der Waals surface area (Å²) in [6.45, 7) is 7.62. The van der Waals surface area contributed by atoms with Gasteiger partial charge in [-0.25, -0.2) is 4.79 Å². The Kier molecular flexibility index (Phi) is 9.96. The van der Waals surface area contributed by atoms with Crippen molar-refractivity contribution >= 4 is 0 Å². The summed E-state index contributed by atoms with van der Waals surface area (Å²) < 4.78 is 3.41. The third-order valence-electron chi connectivity index (χ3n) is 5.68. The molecule has 0 atom stereocenters. The molecule has 1 aromatic heterocycles. The third kappa shape index (κ3) is 6.45. The molecular weight excluding hydrogens is 360 g/mol. The molecule has 2 aromatic rings. The summed E-state index contributed by atoms with van der Waals surface area (Å²) in [6, 6.07) is 10.2. The molecule has 0 aliphatic rings. The van der Waals surface area contributed by atoms with E-state index < -0.39 is 0 Å². The fraction of sp³-hybridized carbons (Fsp3) is 0.600. The van der Waals surface area contributed by atoms with Crippen LogP contribution in [-0.4, -0.2) is 9.13 Å². The van der Waals surface area contributed by atoms with Crippen LogP contribution < -0.4 is 11.2 Å². The van der Waals surface area contributed by atoms with Crippen LogP contribution in [0.25, 0.3) is 0 Å². The van der Waals surface area contributed by atoms with Crippen LogP contribution in [-0.2, 0) is 25.9 Å². The lowest BCUT2D eigenvalue weighted by atomic mass is 10.0. The van der Waals surface area contributed by atoms with E-state index in [9.17, 15) is 9.59 Å². The van der Waals surface area contributed by atoms with Crippen LogP contribution in [0.5, 0.6) is 0 Å². The van der Waals surface area contributed by atoms with Crippen molar-refractivity contribution in [3.63, 3.8) is 0 Å². The minimum atomic E-state index is -0.119. The smallest absolute Gasteiger partial charge is 0.297 e. The van der Waals surface area contributed by atoms with Gasteiger partial charge in [-0.1, -0.05) is 89.6 Å². The normalized spacial score (nSPS) is 11.1. The van der Waals surface area contributed by atoms with Crippen molar-refractivity contribution in [2.75, 3.05) is 0 Å². The summed E-state index contributed by atoms with van der Waals surface area (Å²) in [5.41, 5.74) is 2.66. The molecule has 0 saturated heterocycles. The van der Waals surface area contributed by atoms with Crippen LogP contribution in [0.3, 0.4) is 0 Å². The van der Waals surface area contributed by atoms with Crippen LogP contribution in [0.2, 0.25) is 0 Å². The van der Waals surface area contributed by atoms with Crippen LogP contribution in [0, 0.1) is 0 Å². The molecule has 0 N–H and O–H groups in total. The molecule has 0 spiro atoms. The Morgan fingerprint density at radius 3 is 1.86 bits per heavy atom. The van der Waals surface area contributed by atoms with Gasteiger partial charge < -0.3 is 0 Å². The van der Waals surface area contributed by atoms with Crippen LogP contribution >= 0.6 is 0 Å². The largest absolute Gasteiger partial charge is 0.331 e. The summed E-state index contributed by atoms with van der Waals surface area (Å²) in [6.07, 6.45) is 9.98. The van der Waals surface area contributed by atoms with Crippen LogP contribution in [0.15, 0.2) is 39.9 Å². The predicted molar refractivity (Wildman–Crippen MR) is 122 cm³/mol. The van der Waals surface area contributed by atoms with Crippen LogP contribution in [0.1, 0.15) is 89.0 Å². The maximum absolute atomic E-state index is 13.3. The average Bonchev–Trinajstić information content (AvgIpc) is 2.73. The van der Waals surface area contributed by atoms with Crippen molar-refractivity contribution < 1.29 is 0 Å². The van der Waals surface area contributed by atoms with E-state index in [1.807, 2.05) is 29.7 Å². The van der Waals surface area contributed by atoms with Crippen molar-refractivity contribution in [1.29, 1.82) is 0 Å². The SMILES string of the molecule is CCCCCCn1c(Cc2ccccc2)c(CC)c(=O)n(CCCCCC)c1=O. The molecule has 0 aliphatic carbocycles. The number of rotatable bonds is 13. The highest BCUT2D eigenvalue weighted by atomic mass is 16.2. The summed E-state index contributed by atoms with van der Waals surface area (Å²) >= 11 is 0. The van der Waals surface area contributed by atoms with Crippen LogP contribution in [0.4, 0.5) is 0 Å². The van der Waals surface area contributed by atoms with E-state index in [0.29, 0.717) is 25.9 Å². The van der Waals surface area contributed by atoms with Gasteiger partial charge in [0.15, 0.2) is 0 Å². The molecule has 4 nitrogen and oxygen atoms in total. The quantitative estimate of drug-likeness (QED) is 0.428. The Labute approximate surface area is 175 Å². The van der Waals surface area contributed by atoms with E-state index in [0.717, 1.165) is 55.3 Å². The fourth-order valence-electron chi connectivity index (χ4n) is 3.97. The average molecular weight is 399 g/mol. The van der Waals surface area contributed by atoms with Crippen molar-refractivity contribution in [2.24, 2.45) is 0 Å². The first-order valence-corrected chi connectivity index (χ1v) is 11.5. The summed E-state index contributed by atoms with van der Waals surface area (Å²) in [7, 11) is 0. The van der Waals surface area contributed by atoms with Crippen molar-refractivity contribution in [3.05, 3.63) is 68.0 Å². The van der Waals surface area contributed by atoms with Gasteiger partial charge in [-0.2, -0.15) is 0 Å². The Balaban J connectivity index is 2.44. The van der Waals surface area contributed by atoms with Gasteiger partial charge in [-0.3, -0.25) is 13.9 Å².